The zero-order valence-electron chi connectivity index (χ0n) is 19.9. The fraction of sp³-hybridized carbons (Fsp3) is 0.357. The molecule has 0 aliphatic carbocycles. The topological polar surface area (TPSA) is 49.9 Å². The highest BCUT2D eigenvalue weighted by atomic mass is 32.1. The molecule has 5 nitrogen and oxygen atoms in total. The molecule has 4 rings (SSSR count). The third-order valence-electron chi connectivity index (χ3n) is 6.28. The predicted octanol–water partition coefficient (Wildman–Crippen LogP) is 4.99. The van der Waals surface area contributed by atoms with Crippen LogP contribution in [-0.4, -0.2) is 47.9 Å². The van der Waals surface area contributed by atoms with Gasteiger partial charge in [0.2, 0.25) is 11.8 Å². The maximum atomic E-state index is 13.6. The van der Waals surface area contributed by atoms with Gasteiger partial charge in [0.1, 0.15) is 6.61 Å². The van der Waals surface area contributed by atoms with Gasteiger partial charge in [0.05, 0.1) is 19.2 Å². The van der Waals surface area contributed by atoms with E-state index in [1.54, 1.807) is 16.2 Å². The van der Waals surface area contributed by atoms with Crippen molar-refractivity contribution in [2.24, 2.45) is 0 Å². The minimum atomic E-state index is -0.146. The summed E-state index contributed by atoms with van der Waals surface area (Å²) in [6.07, 6.45) is 1.64. The van der Waals surface area contributed by atoms with Crippen molar-refractivity contribution in [2.45, 2.75) is 39.3 Å². The summed E-state index contributed by atoms with van der Waals surface area (Å²) in [5, 5.41) is 2.11. The van der Waals surface area contributed by atoms with Gasteiger partial charge in [-0.15, -0.1) is 11.3 Å². The SMILES string of the molecule is CCCN(CC(=O)N1CCc2sccc2C1c1ccccc1C)C(=O)COCc1ccccc1. The van der Waals surface area contributed by atoms with Crippen molar-refractivity contribution in [3.8, 4) is 0 Å². The minimum Gasteiger partial charge on any atom is -0.367 e. The van der Waals surface area contributed by atoms with E-state index >= 15 is 0 Å². The van der Waals surface area contributed by atoms with Crippen LogP contribution in [0.15, 0.2) is 66.0 Å². The Bertz CT molecular complexity index is 1110. The summed E-state index contributed by atoms with van der Waals surface area (Å²) in [5.74, 6) is -0.165. The fourth-order valence-electron chi connectivity index (χ4n) is 4.55. The highest BCUT2D eigenvalue weighted by Crippen LogP contribution is 2.39. The summed E-state index contributed by atoms with van der Waals surface area (Å²) in [5.41, 5.74) is 4.54. The Morgan fingerprint density at radius 1 is 1.06 bits per heavy atom. The number of benzene rings is 2. The minimum absolute atomic E-state index is 0.0186. The predicted molar refractivity (Wildman–Crippen MR) is 136 cm³/mol. The van der Waals surface area contributed by atoms with Crippen LogP contribution in [0.1, 0.15) is 46.5 Å². The van der Waals surface area contributed by atoms with E-state index in [0.29, 0.717) is 19.7 Å². The highest BCUT2D eigenvalue weighted by molar-refractivity contribution is 7.10. The second-order valence-electron chi connectivity index (χ2n) is 8.69. The zero-order valence-corrected chi connectivity index (χ0v) is 20.7. The number of fused-ring (bicyclic) bond motifs is 1. The first kappa shape index (κ1) is 24.2. The smallest absolute Gasteiger partial charge is 0.249 e. The van der Waals surface area contributed by atoms with Gasteiger partial charge in [-0.1, -0.05) is 61.5 Å². The number of hydrogen-bond donors (Lipinski definition) is 0. The Hall–Kier alpha value is -2.96. The van der Waals surface area contributed by atoms with Crippen LogP contribution in [0.4, 0.5) is 0 Å². The number of hydrogen-bond acceptors (Lipinski definition) is 4. The summed E-state index contributed by atoms with van der Waals surface area (Å²) in [6, 6.07) is 20.1. The van der Waals surface area contributed by atoms with Gasteiger partial charge in [-0.25, -0.2) is 0 Å². The lowest BCUT2D eigenvalue weighted by molar-refractivity contribution is -0.144. The van der Waals surface area contributed by atoms with Gasteiger partial charge in [-0.3, -0.25) is 9.59 Å². The van der Waals surface area contributed by atoms with E-state index in [1.165, 1.54) is 16.0 Å². The largest absolute Gasteiger partial charge is 0.367 e. The van der Waals surface area contributed by atoms with Crippen LogP contribution in [0, 0.1) is 6.92 Å². The summed E-state index contributed by atoms with van der Waals surface area (Å²) in [7, 11) is 0. The average molecular weight is 477 g/mol. The van der Waals surface area contributed by atoms with Crippen LogP contribution in [0.25, 0.3) is 0 Å². The molecule has 2 heterocycles. The third kappa shape index (κ3) is 5.57. The molecular formula is C28H32N2O3S. The lowest BCUT2D eigenvalue weighted by Crippen LogP contribution is -2.47. The van der Waals surface area contributed by atoms with Crippen LogP contribution in [-0.2, 0) is 27.4 Å². The van der Waals surface area contributed by atoms with E-state index in [4.69, 9.17) is 4.74 Å². The van der Waals surface area contributed by atoms with Gasteiger partial charge in [0, 0.05) is 18.0 Å². The Kier molecular flexibility index (Phi) is 8.14. The first-order valence-electron chi connectivity index (χ1n) is 11.9. The van der Waals surface area contributed by atoms with Crippen molar-refractivity contribution >= 4 is 23.2 Å². The Morgan fingerprint density at radius 3 is 2.59 bits per heavy atom. The number of thiophene rings is 1. The fourth-order valence-corrected chi connectivity index (χ4v) is 5.46. The van der Waals surface area contributed by atoms with Crippen molar-refractivity contribution in [3.63, 3.8) is 0 Å². The van der Waals surface area contributed by atoms with Gasteiger partial charge in [0.15, 0.2) is 0 Å². The third-order valence-corrected chi connectivity index (χ3v) is 7.28. The molecule has 3 aromatic rings. The van der Waals surface area contributed by atoms with Crippen LogP contribution < -0.4 is 0 Å². The molecule has 0 bridgehead atoms. The molecule has 2 aromatic carbocycles. The molecule has 1 atom stereocenters. The lowest BCUT2D eigenvalue weighted by atomic mass is 9.90. The van der Waals surface area contributed by atoms with Crippen molar-refractivity contribution < 1.29 is 14.3 Å². The maximum Gasteiger partial charge on any atom is 0.249 e. The normalized spacial score (nSPS) is 15.1. The van der Waals surface area contributed by atoms with Crippen molar-refractivity contribution in [1.82, 2.24) is 9.80 Å². The Morgan fingerprint density at radius 2 is 1.82 bits per heavy atom. The molecule has 6 heteroatoms. The van der Waals surface area contributed by atoms with Gasteiger partial charge < -0.3 is 14.5 Å². The molecule has 0 saturated carbocycles. The van der Waals surface area contributed by atoms with E-state index in [0.717, 1.165) is 24.0 Å². The molecule has 2 amide bonds. The number of amides is 2. The molecular weight excluding hydrogens is 444 g/mol. The quantitative estimate of drug-likeness (QED) is 0.437. The summed E-state index contributed by atoms with van der Waals surface area (Å²) in [6.45, 7) is 5.72. The molecule has 0 radical (unpaired) electrons. The molecule has 1 aliphatic rings. The van der Waals surface area contributed by atoms with Crippen LogP contribution >= 0.6 is 11.3 Å². The van der Waals surface area contributed by atoms with Gasteiger partial charge in [-0.2, -0.15) is 0 Å². The van der Waals surface area contributed by atoms with Crippen LogP contribution in [0.5, 0.6) is 0 Å². The van der Waals surface area contributed by atoms with Crippen molar-refractivity contribution in [2.75, 3.05) is 26.2 Å². The van der Waals surface area contributed by atoms with Crippen molar-refractivity contribution in [3.05, 3.63) is 93.2 Å². The molecule has 0 spiro atoms. The number of aryl methyl sites for hydroxylation is 1. The molecule has 178 valence electrons. The molecule has 1 aromatic heterocycles. The summed E-state index contributed by atoms with van der Waals surface area (Å²) < 4.78 is 5.66. The number of ether oxygens (including phenoxy) is 1. The Labute approximate surface area is 206 Å². The second-order valence-corrected chi connectivity index (χ2v) is 9.69. The highest BCUT2D eigenvalue weighted by Gasteiger charge is 2.34. The average Bonchev–Trinajstić information content (AvgIpc) is 3.33. The van der Waals surface area contributed by atoms with Crippen molar-refractivity contribution in [1.29, 1.82) is 0 Å². The van der Waals surface area contributed by atoms with Crippen LogP contribution in [0.2, 0.25) is 0 Å². The molecule has 34 heavy (non-hydrogen) atoms. The molecule has 1 unspecified atom stereocenters. The van der Waals surface area contributed by atoms with Gasteiger partial charge in [0.25, 0.3) is 0 Å². The number of carbonyl (C=O) groups excluding carboxylic acids is 2. The number of carbonyl (C=O) groups is 2. The van der Waals surface area contributed by atoms with E-state index < -0.39 is 0 Å². The van der Waals surface area contributed by atoms with Gasteiger partial charge >= 0.3 is 0 Å². The first-order chi connectivity index (χ1) is 16.6. The lowest BCUT2D eigenvalue weighted by Gasteiger charge is -2.38. The first-order valence-corrected chi connectivity index (χ1v) is 12.8. The Balaban J connectivity index is 1.47. The van der Waals surface area contributed by atoms with E-state index in [1.807, 2.05) is 54.3 Å². The maximum absolute atomic E-state index is 13.6. The zero-order chi connectivity index (χ0) is 23.9. The van der Waals surface area contributed by atoms with E-state index in [2.05, 4.69) is 30.5 Å². The monoisotopic (exact) mass is 476 g/mol. The van der Waals surface area contributed by atoms with Gasteiger partial charge in [-0.05, 0) is 53.5 Å². The second kappa shape index (κ2) is 11.4. The summed E-state index contributed by atoms with van der Waals surface area (Å²) >= 11 is 1.76. The molecule has 1 aliphatic heterocycles. The number of rotatable bonds is 9. The number of nitrogens with zero attached hydrogens (tertiary/aromatic N) is 2. The molecule has 0 fully saturated rings. The molecule has 0 saturated heterocycles. The van der Waals surface area contributed by atoms with E-state index in [-0.39, 0.29) is 31.0 Å². The van der Waals surface area contributed by atoms with Crippen LogP contribution in [0.3, 0.4) is 0 Å². The summed E-state index contributed by atoms with van der Waals surface area (Å²) in [4.78, 5) is 31.5. The molecule has 0 N–H and O–H groups in total. The standard InChI is InChI=1S/C28H32N2O3S/c1-3-15-29(27(32)20-33-19-22-10-5-4-6-11-22)18-26(31)30-16-13-25-24(14-17-34-25)28(30)23-12-8-7-9-21(23)2/h4-12,14,17,28H,3,13,15-16,18-20H2,1-2H3. The van der Waals surface area contributed by atoms with E-state index in [9.17, 15) is 9.59 Å².